The molecular weight excluding hydrogens is 361 g/mol. The van der Waals surface area contributed by atoms with E-state index in [-0.39, 0.29) is 43.7 Å². The van der Waals surface area contributed by atoms with Gasteiger partial charge in [0, 0.05) is 32.9 Å². The van der Waals surface area contributed by atoms with Gasteiger partial charge in [-0.3, -0.25) is 24.1 Å². The first kappa shape index (κ1) is 22.6. The van der Waals surface area contributed by atoms with Gasteiger partial charge < -0.3 is 15.5 Å². The van der Waals surface area contributed by atoms with Crippen molar-refractivity contribution in [2.24, 2.45) is 0 Å². The van der Waals surface area contributed by atoms with Crippen LogP contribution in [0.5, 0.6) is 0 Å². The maximum atomic E-state index is 12.3. The van der Waals surface area contributed by atoms with Crippen LogP contribution in [0.2, 0.25) is 0 Å². The Morgan fingerprint density at radius 3 is 2.26 bits per heavy atom. The van der Waals surface area contributed by atoms with Crippen LogP contribution in [0.1, 0.15) is 45.4 Å². The Kier molecular flexibility index (Phi) is 9.41. The molecule has 0 aliphatic carbocycles. The lowest BCUT2D eigenvalue weighted by molar-refractivity contribution is -0.197. The van der Waals surface area contributed by atoms with E-state index in [1.807, 2.05) is 0 Å². The molecule has 1 saturated heterocycles. The summed E-state index contributed by atoms with van der Waals surface area (Å²) in [6.45, 7) is 2.07. The normalized spacial score (nSPS) is 15.0. The summed E-state index contributed by atoms with van der Waals surface area (Å²) in [5, 5.41) is 5.85. The number of hydroxylamine groups is 2. The molecule has 1 atom stereocenters. The Balaban J connectivity index is 2.30. The Morgan fingerprint density at radius 2 is 1.70 bits per heavy atom. The lowest BCUT2D eigenvalue weighted by atomic mass is 10.1. The number of amides is 4. The number of unbranched alkanes of at least 4 members (excludes halogenated alkanes) is 1. The summed E-state index contributed by atoms with van der Waals surface area (Å²) in [6, 6.07) is -0.361. The molecule has 1 unspecified atom stereocenters. The van der Waals surface area contributed by atoms with Gasteiger partial charge in [0.15, 0.2) is 0 Å². The Hall–Kier alpha value is -2.49. The molecule has 152 valence electrons. The van der Waals surface area contributed by atoms with E-state index >= 15 is 0 Å². The fourth-order valence-corrected chi connectivity index (χ4v) is 2.56. The van der Waals surface area contributed by atoms with Crippen LogP contribution in [0.4, 0.5) is 0 Å². The maximum Gasteiger partial charge on any atom is 0.334 e. The minimum atomic E-state index is -0.754. The summed E-state index contributed by atoms with van der Waals surface area (Å²) >= 11 is 0. The average molecular weight is 389 g/mol. The van der Waals surface area contributed by atoms with E-state index in [2.05, 4.69) is 10.6 Å². The van der Waals surface area contributed by atoms with Gasteiger partial charge in [0.1, 0.15) is 0 Å². The van der Waals surface area contributed by atoms with Crippen molar-refractivity contribution < 1.29 is 28.8 Å². The van der Waals surface area contributed by atoms with Gasteiger partial charge in [-0.1, -0.05) is 0 Å². The number of carbonyl (C=O) groups excluding carboxylic acids is 5. The van der Waals surface area contributed by atoms with Crippen molar-refractivity contribution in [1.82, 2.24) is 20.6 Å². The van der Waals surface area contributed by atoms with E-state index in [1.54, 1.807) is 19.0 Å². The van der Waals surface area contributed by atoms with Crippen LogP contribution >= 0.6 is 0 Å². The third-order valence-corrected chi connectivity index (χ3v) is 4.03. The zero-order valence-electron chi connectivity index (χ0n) is 16.1. The van der Waals surface area contributed by atoms with Crippen LogP contribution in [0.25, 0.3) is 0 Å². The second-order valence-corrected chi connectivity index (χ2v) is 6.54. The Morgan fingerprint density at radius 1 is 1.07 bits per heavy atom. The fourth-order valence-electron chi connectivity index (χ4n) is 2.56. The maximum absolute atomic E-state index is 12.3. The molecule has 1 aliphatic heterocycles. The lowest BCUT2D eigenvalue weighted by Gasteiger charge is -2.23. The van der Waals surface area contributed by atoms with Crippen LogP contribution in [-0.4, -0.2) is 72.8 Å². The van der Waals surface area contributed by atoms with Crippen LogP contribution < -0.4 is 10.6 Å². The van der Waals surface area contributed by atoms with Crippen molar-refractivity contribution >= 4 is 29.6 Å². The quantitative estimate of drug-likeness (QED) is 0.208. The number of nitrogens with zero attached hydrogens (tertiary/aromatic N) is 2. The van der Waals surface area contributed by atoms with Crippen molar-refractivity contribution in [3.63, 3.8) is 0 Å². The molecule has 0 aromatic heterocycles. The highest BCUT2D eigenvalue weighted by atomic mass is 16.7. The predicted molar refractivity (Wildman–Crippen MR) is 94.8 cm³/mol. The second kappa shape index (κ2) is 11.3. The molecule has 1 heterocycles. The third kappa shape index (κ3) is 8.16. The van der Waals surface area contributed by atoms with Gasteiger partial charge in [-0.2, -0.15) is 0 Å². The monoisotopic (exact) mass is 389 g/mol. The Bertz CT molecular complexity index is 562. The van der Waals surface area contributed by atoms with E-state index < -0.39 is 17.8 Å². The summed E-state index contributed by atoms with van der Waals surface area (Å²) in [5.74, 6) is -2.13. The number of imide groups is 1. The van der Waals surface area contributed by atoms with E-state index in [0.29, 0.717) is 18.0 Å². The first-order valence-corrected chi connectivity index (χ1v) is 8.97. The second-order valence-electron chi connectivity index (χ2n) is 6.54. The molecule has 2 N–H and O–H groups in total. The molecular formula is C17H28N4O6. The molecule has 27 heavy (non-hydrogen) atoms. The first-order valence-electron chi connectivity index (χ1n) is 8.97. The molecule has 1 rings (SSSR count). The highest BCUT2D eigenvalue weighted by molar-refractivity contribution is 6.01. The minimum absolute atomic E-state index is 0.0370. The summed E-state index contributed by atoms with van der Waals surface area (Å²) in [5.41, 5.74) is 0. The zero-order valence-corrected chi connectivity index (χ0v) is 16.1. The van der Waals surface area contributed by atoms with E-state index in [9.17, 15) is 24.0 Å². The SMILES string of the molecule is CN([13CH3])C(CCC[13CH2]N[13C]([13CH3])=O)C(=O)[15NH]CCC(=O)ON1C(=O)CCC1=O. The smallest absolute Gasteiger partial charge is 0.334 e. The van der Waals surface area contributed by atoms with Crippen molar-refractivity contribution in [3.05, 3.63) is 0 Å². The number of likely N-dealkylation sites (N-methyl/N-ethyl adjacent to an activating group) is 1. The van der Waals surface area contributed by atoms with Gasteiger partial charge in [0.05, 0.1) is 12.5 Å². The number of rotatable bonds is 11. The molecule has 0 bridgehead atoms. The van der Waals surface area contributed by atoms with Gasteiger partial charge in [-0.05, 0) is 33.4 Å². The first-order chi connectivity index (χ1) is 12.7. The van der Waals surface area contributed by atoms with Crippen LogP contribution in [0, 0.1) is 0 Å². The minimum Gasteiger partial charge on any atom is -0.356 e. The summed E-state index contributed by atoms with van der Waals surface area (Å²) in [4.78, 5) is 64.1. The summed E-state index contributed by atoms with van der Waals surface area (Å²) in [7, 11) is 3.58. The van der Waals surface area contributed by atoms with Crippen LogP contribution in [-0.2, 0) is 28.8 Å². The number of nitrogens with one attached hydrogen (secondary N) is 2. The highest BCUT2D eigenvalue weighted by Gasteiger charge is 2.32. The molecule has 1 fully saturated rings. The highest BCUT2D eigenvalue weighted by Crippen LogP contribution is 2.12. The fraction of sp³-hybridized carbons (Fsp3) is 0.706. The van der Waals surface area contributed by atoms with Gasteiger partial charge in [0.2, 0.25) is 11.8 Å². The third-order valence-electron chi connectivity index (χ3n) is 4.03. The number of hydrogen-bond donors (Lipinski definition) is 2. The molecule has 0 radical (unpaired) electrons. The van der Waals surface area contributed by atoms with Gasteiger partial charge in [-0.25, -0.2) is 4.79 Å². The van der Waals surface area contributed by atoms with Gasteiger partial charge in [-0.15, -0.1) is 5.06 Å². The van der Waals surface area contributed by atoms with E-state index in [4.69, 9.17) is 4.84 Å². The number of carbonyl (C=O) groups is 5. The molecule has 0 saturated carbocycles. The average Bonchev–Trinajstić information content (AvgIpc) is 2.89. The van der Waals surface area contributed by atoms with Gasteiger partial charge >= 0.3 is 5.97 Å². The molecule has 1 aliphatic rings. The van der Waals surface area contributed by atoms with Gasteiger partial charge in [0.25, 0.3) is 11.8 Å². The van der Waals surface area contributed by atoms with Crippen LogP contribution in [0.3, 0.4) is 0 Å². The predicted octanol–water partition coefficient (Wildman–Crippen LogP) is -0.663. The molecule has 4 amide bonds. The van der Waals surface area contributed by atoms with Crippen LogP contribution in [0.15, 0.2) is 0 Å². The number of hydrogen-bond acceptors (Lipinski definition) is 7. The lowest BCUT2D eigenvalue weighted by Crippen LogP contribution is -2.44. The van der Waals surface area contributed by atoms with Crippen molar-refractivity contribution in [2.75, 3.05) is 27.2 Å². The standard InChI is InChI=1S/C17H28N4O6/c1-12(22)18-10-5-4-6-13(20(2)3)17(26)19-11-9-16(25)27-21-14(23)7-8-15(21)24/h13H,4-11H2,1-3H3,(H,18,22)(H,19,26)/i1+1,2+1,10+1,12+1,19+1. The van der Waals surface area contributed by atoms with Crippen molar-refractivity contribution in [2.45, 2.75) is 51.5 Å². The molecule has 10 nitrogen and oxygen atoms in total. The molecule has 0 spiro atoms. The van der Waals surface area contributed by atoms with E-state index in [0.717, 1.165) is 12.8 Å². The van der Waals surface area contributed by atoms with Crippen molar-refractivity contribution in [3.8, 4) is 0 Å². The van der Waals surface area contributed by atoms with Crippen molar-refractivity contribution in [1.29, 1.82) is 0 Å². The largest absolute Gasteiger partial charge is 0.356 e. The molecule has 0 aromatic rings. The Labute approximate surface area is 158 Å². The zero-order chi connectivity index (χ0) is 20.4. The summed E-state index contributed by atoms with van der Waals surface area (Å²) < 4.78 is 0. The summed E-state index contributed by atoms with van der Waals surface area (Å²) in [6.07, 6.45) is 2.06. The topological polar surface area (TPSA) is 125 Å². The van der Waals surface area contributed by atoms with E-state index in [1.165, 1.54) is 6.92 Å². The molecule has 0 aromatic carbocycles. The molecule has 10 heteroatoms.